The molecule has 0 unspecified atom stereocenters. The molecule has 0 spiro atoms. The molecular weight excluding hydrogens is 292 g/mol. The molecule has 3 rings (SSSR count). The predicted octanol–water partition coefficient (Wildman–Crippen LogP) is 2.68. The average molecular weight is 312 g/mol. The quantitative estimate of drug-likeness (QED) is 0.761. The van der Waals surface area contributed by atoms with E-state index in [9.17, 15) is 9.90 Å². The Bertz CT molecular complexity index is 857. The van der Waals surface area contributed by atoms with Crippen LogP contribution in [0.5, 0.6) is 5.75 Å². The first kappa shape index (κ1) is 15.4. The fraction of sp³-hybridized carbons (Fsp3) is 0.278. The molecule has 0 radical (unpaired) electrons. The molecule has 0 amide bonds. The number of aromatic nitrogens is 2. The lowest BCUT2D eigenvalue weighted by molar-refractivity contribution is 0.0617. The molecule has 1 aromatic heterocycles. The van der Waals surface area contributed by atoms with Gasteiger partial charge in [-0.25, -0.2) is 4.79 Å². The zero-order valence-corrected chi connectivity index (χ0v) is 13.2. The molecule has 1 heterocycles. The summed E-state index contributed by atoms with van der Waals surface area (Å²) in [6, 6.07) is 15.4. The van der Waals surface area contributed by atoms with E-state index in [1.807, 2.05) is 42.5 Å². The first-order valence-corrected chi connectivity index (χ1v) is 7.54. The van der Waals surface area contributed by atoms with Crippen molar-refractivity contribution in [2.75, 3.05) is 0 Å². The zero-order chi connectivity index (χ0) is 16.4. The van der Waals surface area contributed by atoms with Crippen LogP contribution in [-0.2, 0) is 13.2 Å². The van der Waals surface area contributed by atoms with E-state index in [1.54, 1.807) is 19.9 Å². The molecule has 120 valence electrons. The van der Waals surface area contributed by atoms with E-state index < -0.39 is 5.60 Å². The van der Waals surface area contributed by atoms with Gasteiger partial charge in [-0.2, -0.15) is 0 Å². The number of fused-ring (bicyclic) bond motifs is 1. The van der Waals surface area contributed by atoms with Gasteiger partial charge in [0.15, 0.2) is 0 Å². The van der Waals surface area contributed by atoms with Crippen LogP contribution < -0.4 is 10.4 Å². The van der Waals surface area contributed by atoms with Gasteiger partial charge in [0.1, 0.15) is 12.4 Å². The Kier molecular flexibility index (Phi) is 3.96. The normalized spacial score (nSPS) is 11.8. The number of imidazole rings is 1. The third kappa shape index (κ3) is 3.63. The van der Waals surface area contributed by atoms with Gasteiger partial charge in [0.05, 0.1) is 23.2 Å². The number of benzene rings is 2. The number of H-pyrrole nitrogens is 1. The van der Waals surface area contributed by atoms with Crippen LogP contribution in [0.4, 0.5) is 0 Å². The van der Waals surface area contributed by atoms with Gasteiger partial charge in [-0.3, -0.25) is 4.57 Å². The minimum absolute atomic E-state index is 0.232. The van der Waals surface area contributed by atoms with Gasteiger partial charge in [-0.15, -0.1) is 0 Å². The second kappa shape index (κ2) is 5.93. The summed E-state index contributed by atoms with van der Waals surface area (Å²) in [4.78, 5) is 14.9. The van der Waals surface area contributed by atoms with E-state index in [4.69, 9.17) is 4.74 Å². The summed E-state index contributed by atoms with van der Waals surface area (Å²) in [5, 5.41) is 9.94. The number of hydrogen-bond acceptors (Lipinski definition) is 3. The number of ether oxygens (including phenoxy) is 1. The van der Waals surface area contributed by atoms with Crippen LogP contribution in [0, 0.1) is 0 Å². The molecule has 0 saturated heterocycles. The van der Waals surface area contributed by atoms with Gasteiger partial charge in [0, 0.05) is 6.07 Å². The van der Waals surface area contributed by atoms with Gasteiger partial charge in [0.2, 0.25) is 0 Å². The first-order valence-electron chi connectivity index (χ1n) is 7.54. The third-order valence-electron chi connectivity index (χ3n) is 3.54. The minimum Gasteiger partial charge on any atom is -0.489 e. The molecule has 2 aromatic carbocycles. The topological polar surface area (TPSA) is 67.2 Å². The summed E-state index contributed by atoms with van der Waals surface area (Å²) in [7, 11) is 0. The van der Waals surface area contributed by atoms with Crippen molar-refractivity contribution in [1.29, 1.82) is 0 Å². The Balaban J connectivity index is 1.84. The fourth-order valence-corrected chi connectivity index (χ4v) is 2.52. The fourth-order valence-electron chi connectivity index (χ4n) is 2.52. The van der Waals surface area contributed by atoms with Crippen LogP contribution in [0.15, 0.2) is 53.3 Å². The number of aliphatic hydroxyl groups is 1. The van der Waals surface area contributed by atoms with Crippen molar-refractivity contribution < 1.29 is 9.84 Å². The Hall–Kier alpha value is -2.53. The number of nitrogens with one attached hydrogen (secondary N) is 1. The van der Waals surface area contributed by atoms with Crippen molar-refractivity contribution in [2.45, 2.75) is 32.6 Å². The maximum Gasteiger partial charge on any atom is 0.326 e. The van der Waals surface area contributed by atoms with Gasteiger partial charge in [-0.05, 0) is 31.5 Å². The Morgan fingerprint density at radius 3 is 2.61 bits per heavy atom. The molecule has 3 aromatic rings. The van der Waals surface area contributed by atoms with E-state index in [0.717, 1.165) is 11.1 Å². The van der Waals surface area contributed by atoms with Gasteiger partial charge in [0.25, 0.3) is 0 Å². The average Bonchev–Trinajstić information content (AvgIpc) is 2.80. The molecule has 2 N–H and O–H groups in total. The monoisotopic (exact) mass is 312 g/mol. The van der Waals surface area contributed by atoms with E-state index in [2.05, 4.69) is 4.98 Å². The van der Waals surface area contributed by atoms with Crippen LogP contribution in [0.1, 0.15) is 19.4 Å². The number of aromatic amines is 1. The third-order valence-corrected chi connectivity index (χ3v) is 3.54. The van der Waals surface area contributed by atoms with Crippen LogP contribution in [0.2, 0.25) is 0 Å². The molecule has 0 fully saturated rings. The second-order valence-electron chi connectivity index (χ2n) is 6.28. The maximum atomic E-state index is 12.1. The number of rotatable bonds is 5. The van der Waals surface area contributed by atoms with E-state index >= 15 is 0 Å². The van der Waals surface area contributed by atoms with Crippen LogP contribution >= 0.6 is 0 Å². The lowest BCUT2D eigenvalue weighted by atomic mass is 10.1. The second-order valence-corrected chi connectivity index (χ2v) is 6.28. The first-order chi connectivity index (χ1) is 10.9. The summed E-state index contributed by atoms with van der Waals surface area (Å²) in [5.41, 5.74) is 1.35. The highest BCUT2D eigenvalue weighted by Gasteiger charge is 2.17. The van der Waals surface area contributed by atoms with Crippen molar-refractivity contribution in [1.82, 2.24) is 9.55 Å². The van der Waals surface area contributed by atoms with E-state index in [-0.39, 0.29) is 12.2 Å². The van der Waals surface area contributed by atoms with Gasteiger partial charge >= 0.3 is 5.69 Å². The van der Waals surface area contributed by atoms with Crippen molar-refractivity contribution in [3.8, 4) is 5.75 Å². The summed E-state index contributed by atoms with van der Waals surface area (Å²) in [6.45, 7) is 4.06. The predicted molar refractivity (Wildman–Crippen MR) is 89.6 cm³/mol. The van der Waals surface area contributed by atoms with Gasteiger partial charge < -0.3 is 14.8 Å². The summed E-state index contributed by atoms with van der Waals surface area (Å²) < 4.78 is 7.31. The summed E-state index contributed by atoms with van der Waals surface area (Å²) in [6.07, 6.45) is 0. The largest absolute Gasteiger partial charge is 0.489 e. The van der Waals surface area contributed by atoms with Crippen LogP contribution in [-0.4, -0.2) is 20.3 Å². The lowest BCUT2D eigenvalue weighted by Crippen LogP contribution is -2.31. The van der Waals surface area contributed by atoms with Crippen molar-refractivity contribution >= 4 is 11.0 Å². The van der Waals surface area contributed by atoms with E-state index in [0.29, 0.717) is 17.9 Å². The van der Waals surface area contributed by atoms with Gasteiger partial charge in [-0.1, -0.05) is 30.3 Å². The SMILES string of the molecule is CC(C)(O)Cn1c(=O)[nH]c2cc(OCc3ccccc3)ccc21. The standard InChI is InChI=1S/C18H20N2O3/c1-18(2,22)12-20-16-9-8-14(10-15(16)19-17(20)21)23-11-13-6-4-3-5-7-13/h3-10,22H,11-12H2,1-2H3,(H,19,21). The van der Waals surface area contributed by atoms with Crippen molar-refractivity contribution in [3.63, 3.8) is 0 Å². The molecule has 23 heavy (non-hydrogen) atoms. The molecule has 0 atom stereocenters. The Labute approximate surface area is 134 Å². The highest BCUT2D eigenvalue weighted by Crippen LogP contribution is 2.20. The number of hydrogen-bond donors (Lipinski definition) is 2. The zero-order valence-electron chi connectivity index (χ0n) is 13.2. The van der Waals surface area contributed by atoms with Crippen molar-refractivity contribution in [3.05, 3.63) is 64.6 Å². The smallest absolute Gasteiger partial charge is 0.326 e. The number of nitrogens with zero attached hydrogens (tertiary/aromatic N) is 1. The molecule has 0 saturated carbocycles. The molecule has 0 bridgehead atoms. The van der Waals surface area contributed by atoms with Crippen LogP contribution in [0.25, 0.3) is 11.0 Å². The minimum atomic E-state index is -0.957. The molecule has 0 aliphatic heterocycles. The summed E-state index contributed by atoms with van der Waals surface area (Å²) >= 11 is 0. The highest BCUT2D eigenvalue weighted by molar-refractivity contribution is 5.77. The molecule has 5 nitrogen and oxygen atoms in total. The van der Waals surface area contributed by atoms with Crippen molar-refractivity contribution in [2.24, 2.45) is 0 Å². The Morgan fingerprint density at radius 2 is 1.91 bits per heavy atom. The molecule has 5 heteroatoms. The molecule has 0 aliphatic rings. The molecule has 0 aliphatic carbocycles. The summed E-state index contributed by atoms with van der Waals surface area (Å²) in [5.74, 6) is 0.693. The highest BCUT2D eigenvalue weighted by atomic mass is 16.5. The maximum absolute atomic E-state index is 12.1. The Morgan fingerprint density at radius 1 is 1.17 bits per heavy atom. The van der Waals surface area contributed by atoms with Crippen LogP contribution in [0.3, 0.4) is 0 Å². The lowest BCUT2D eigenvalue weighted by Gasteiger charge is -2.17. The van der Waals surface area contributed by atoms with E-state index in [1.165, 1.54) is 4.57 Å². The molecular formula is C18H20N2O3.